The van der Waals surface area contributed by atoms with Gasteiger partial charge in [-0.2, -0.15) is 0 Å². The fourth-order valence-electron chi connectivity index (χ4n) is 1.97. The van der Waals surface area contributed by atoms with Gasteiger partial charge in [-0.25, -0.2) is 4.79 Å². The summed E-state index contributed by atoms with van der Waals surface area (Å²) in [5, 5.41) is 11.9. The molecule has 2 N–H and O–H groups in total. The molecule has 0 aliphatic rings. The average molecular weight is 348 g/mol. The number of rotatable bonds is 6. The lowest BCUT2D eigenvalue weighted by Crippen LogP contribution is -2.14. The number of amides is 1. The zero-order valence-corrected chi connectivity index (χ0v) is 14.1. The molecule has 126 valence electrons. The van der Waals surface area contributed by atoms with Gasteiger partial charge in [0.05, 0.1) is 22.4 Å². The second-order valence-corrected chi connectivity index (χ2v) is 5.73. The van der Waals surface area contributed by atoms with Crippen molar-refractivity contribution in [3.05, 3.63) is 58.6 Å². The van der Waals surface area contributed by atoms with E-state index in [1.165, 1.54) is 18.2 Å². The van der Waals surface area contributed by atoms with Crippen LogP contribution in [-0.4, -0.2) is 23.1 Å². The molecule has 1 atom stereocenters. The van der Waals surface area contributed by atoms with Crippen molar-refractivity contribution in [2.75, 3.05) is 5.32 Å². The largest absolute Gasteiger partial charge is 0.491 e. The first-order valence-corrected chi connectivity index (χ1v) is 7.89. The van der Waals surface area contributed by atoms with Crippen molar-refractivity contribution in [2.45, 2.75) is 26.4 Å². The van der Waals surface area contributed by atoms with Gasteiger partial charge in [-0.3, -0.25) is 4.79 Å². The van der Waals surface area contributed by atoms with E-state index in [1.807, 2.05) is 13.8 Å². The van der Waals surface area contributed by atoms with E-state index >= 15 is 0 Å². The molecule has 0 aromatic heterocycles. The second kappa shape index (κ2) is 7.84. The summed E-state index contributed by atoms with van der Waals surface area (Å²) >= 11 is 6.02. The molecule has 0 saturated heterocycles. The van der Waals surface area contributed by atoms with Gasteiger partial charge >= 0.3 is 5.97 Å². The van der Waals surface area contributed by atoms with Crippen molar-refractivity contribution >= 4 is 29.2 Å². The highest BCUT2D eigenvalue weighted by molar-refractivity contribution is 6.34. The number of hydrogen-bond acceptors (Lipinski definition) is 3. The molecule has 0 heterocycles. The van der Waals surface area contributed by atoms with E-state index in [0.29, 0.717) is 11.3 Å². The van der Waals surface area contributed by atoms with Gasteiger partial charge < -0.3 is 15.2 Å². The van der Waals surface area contributed by atoms with Crippen molar-refractivity contribution < 1.29 is 19.4 Å². The van der Waals surface area contributed by atoms with Crippen molar-refractivity contribution in [1.82, 2.24) is 0 Å². The molecule has 0 fully saturated rings. The van der Waals surface area contributed by atoms with E-state index in [9.17, 15) is 9.59 Å². The van der Waals surface area contributed by atoms with E-state index in [2.05, 4.69) is 5.32 Å². The van der Waals surface area contributed by atoms with Crippen LogP contribution in [0.5, 0.6) is 5.75 Å². The van der Waals surface area contributed by atoms with E-state index in [-0.39, 0.29) is 22.4 Å². The Morgan fingerprint density at radius 1 is 1.21 bits per heavy atom. The minimum atomic E-state index is -1.09. The predicted octanol–water partition coefficient (Wildman–Crippen LogP) is 4.47. The van der Waals surface area contributed by atoms with Gasteiger partial charge in [-0.05, 0) is 49.7 Å². The van der Waals surface area contributed by atoms with Crippen LogP contribution in [0.1, 0.15) is 41.0 Å². The normalized spacial score (nSPS) is 11.6. The Bertz CT molecular complexity index is 760. The summed E-state index contributed by atoms with van der Waals surface area (Å²) < 4.78 is 5.70. The molecule has 5 nitrogen and oxygen atoms in total. The van der Waals surface area contributed by atoms with Gasteiger partial charge in [0.1, 0.15) is 5.75 Å². The number of carbonyl (C=O) groups is 2. The smallest absolute Gasteiger partial charge is 0.335 e. The first-order valence-electron chi connectivity index (χ1n) is 7.51. The number of anilines is 1. The molecular weight excluding hydrogens is 330 g/mol. The molecule has 2 rings (SSSR count). The maximum absolute atomic E-state index is 12.4. The highest BCUT2D eigenvalue weighted by Crippen LogP contribution is 2.24. The summed E-state index contributed by atoms with van der Waals surface area (Å²) in [5.74, 6) is -0.887. The van der Waals surface area contributed by atoms with Crippen LogP contribution in [0.4, 0.5) is 5.69 Å². The number of hydrogen-bond donors (Lipinski definition) is 2. The maximum atomic E-state index is 12.4. The lowest BCUT2D eigenvalue weighted by atomic mass is 10.1. The SMILES string of the molecule is CC[C@@H](C)Oc1cccc(C(=O)Nc2cc(C(=O)O)ccc2Cl)c1. The van der Waals surface area contributed by atoms with Crippen LogP contribution in [0.15, 0.2) is 42.5 Å². The third-order valence-electron chi connectivity index (χ3n) is 3.47. The number of ether oxygens (including phenoxy) is 1. The standard InChI is InChI=1S/C18H18ClNO4/c1-3-11(2)24-14-6-4-5-12(9-14)17(21)20-16-10-13(18(22)23)7-8-15(16)19/h4-11H,3H2,1-2H3,(H,20,21)(H,22,23)/t11-/m1/s1. The van der Waals surface area contributed by atoms with Crippen molar-refractivity contribution in [3.63, 3.8) is 0 Å². The summed E-state index contributed by atoms with van der Waals surface area (Å²) in [6, 6.07) is 10.9. The van der Waals surface area contributed by atoms with Gasteiger partial charge in [0.15, 0.2) is 0 Å². The Balaban J connectivity index is 2.19. The van der Waals surface area contributed by atoms with Crippen LogP contribution in [0.25, 0.3) is 0 Å². The van der Waals surface area contributed by atoms with E-state index < -0.39 is 11.9 Å². The van der Waals surface area contributed by atoms with Gasteiger partial charge in [0.25, 0.3) is 5.91 Å². The molecule has 0 unspecified atom stereocenters. The molecule has 0 bridgehead atoms. The fraction of sp³-hybridized carbons (Fsp3) is 0.222. The number of halogens is 1. The van der Waals surface area contributed by atoms with Crippen LogP contribution in [0, 0.1) is 0 Å². The van der Waals surface area contributed by atoms with E-state index in [4.69, 9.17) is 21.4 Å². The molecule has 24 heavy (non-hydrogen) atoms. The second-order valence-electron chi connectivity index (χ2n) is 5.32. The molecule has 0 aliphatic heterocycles. The molecule has 1 amide bonds. The lowest BCUT2D eigenvalue weighted by molar-refractivity contribution is 0.0696. The van der Waals surface area contributed by atoms with Crippen molar-refractivity contribution in [2.24, 2.45) is 0 Å². The maximum Gasteiger partial charge on any atom is 0.335 e. The first kappa shape index (κ1) is 17.8. The molecule has 2 aromatic rings. The van der Waals surface area contributed by atoms with Crippen molar-refractivity contribution in [1.29, 1.82) is 0 Å². The average Bonchev–Trinajstić information content (AvgIpc) is 2.56. The molecule has 6 heteroatoms. The quantitative estimate of drug-likeness (QED) is 0.808. The Hall–Kier alpha value is -2.53. The van der Waals surface area contributed by atoms with Crippen LogP contribution >= 0.6 is 11.6 Å². The third kappa shape index (κ3) is 4.49. The molecule has 0 aliphatic carbocycles. The zero-order chi connectivity index (χ0) is 17.7. The highest BCUT2D eigenvalue weighted by Gasteiger charge is 2.12. The molecular formula is C18H18ClNO4. The van der Waals surface area contributed by atoms with Gasteiger partial charge in [-0.15, -0.1) is 0 Å². The Kier molecular flexibility index (Phi) is 5.82. The number of aromatic carboxylic acids is 1. The topological polar surface area (TPSA) is 75.6 Å². The monoisotopic (exact) mass is 347 g/mol. The highest BCUT2D eigenvalue weighted by atomic mass is 35.5. The van der Waals surface area contributed by atoms with Gasteiger partial charge in [-0.1, -0.05) is 24.6 Å². The molecule has 0 saturated carbocycles. The summed E-state index contributed by atoms with van der Waals surface area (Å²) in [5.41, 5.74) is 0.686. The number of carboxylic acids is 1. The minimum absolute atomic E-state index is 0.0450. The number of carboxylic acid groups (broad SMARTS) is 1. The first-order chi connectivity index (χ1) is 11.4. The predicted molar refractivity (Wildman–Crippen MR) is 93.2 cm³/mol. The minimum Gasteiger partial charge on any atom is -0.491 e. The Morgan fingerprint density at radius 2 is 1.96 bits per heavy atom. The Morgan fingerprint density at radius 3 is 2.62 bits per heavy atom. The van der Waals surface area contributed by atoms with Crippen molar-refractivity contribution in [3.8, 4) is 5.75 Å². The molecule has 0 spiro atoms. The number of nitrogens with one attached hydrogen (secondary N) is 1. The molecule has 0 radical (unpaired) electrons. The fourth-order valence-corrected chi connectivity index (χ4v) is 2.14. The van der Waals surface area contributed by atoms with Crippen LogP contribution < -0.4 is 10.1 Å². The summed E-state index contributed by atoms with van der Waals surface area (Å²) in [6.07, 6.45) is 0.901. The van der Waals surface area contributed by atoms with E-state index in [1.54, 1.807) is 24.3 Å². The third-order valence-corrected chi connectivity index (χ3v) is 3.80. The Labute approximate surface area is 145 Å². The summed E-state index contributed by atoms with van der Waals surface area (Å²) in [4.78, 5) is 23.4. The van der Waals surface area contributed by atoms with Crippen LogP contribution in [0.3, 0.4) is 0 Å². The number of benzene rings is 2. The van der Waals surface area contributed by atoms with Crippen LogP contribution in [-0.2, 0) is 0 Å². The van der Waals surface area contributed by atoms with Crippen LogP contribution in [0.2, 0.25) is 5.02 Å². The summed E-state index contributed by atoms with van der Waals surface area (Å²) in [7, 11) is 0. The molecule has 2 aromatic carbocycles. The van der Waals surface area contributed by atoms with E-state index in [0.717, 1.165) is 6.42 Å². The lowest BCUT2D eigenvalue weighted by Gasteiger charge is -2.13. The number of carbonyl (C=O) groups excluding carboxylic acids is 1. The summed E-state index contributed by atoms with van der Waals surface area (Å²) in [6.45, 7) is 3.96. The van der Waals surface area contributed by atoms with Gasteiger partial charge in [0, 0.05) is 5.56 Å². The van der Waals surface area contributed by atoms with Gasteiger partial charge in [0.2, 0.25) is 0 Å². The zero-order valence-electron chi connectivity index (χ0n) is 13.4.